The molecule has 0 spiro atoms. The summed E-state index contributed by atoms with van der Waals surface area (Å²) in [6.45, 7) is 0. The summed E-state index contributed by atoms with van der Waals surface area (Å²) >= 11 is 0. The molecule has 0 aliphatic carbocycles. The summed E-state index contributed by atoms with van der Waals surface area (Å²) in [6.07, 6.45) is 3.40. The first-order valence-electron chi connectivity index (χ1n) is 8.69. The number of nitrogens with one attached hydrogen (secondary N) is 2. The average Bonchev–Trinajstić information content (AvgIpc) is 3.21. The summed E-state index contributed by atoms with van der Waals surface area (Å²) in [5.74, 6) is 2.07. The van der Waals surface area contributed by atoms with Gasteiger partial charge in [0.05, 0.1) is 37.8 Å². The van der Waals surface area contributed by atoms with Gasteiger partial charge in [-0.05, 0) is 30.3 Å². The van der Waals surface area contributed by atoms with Crippen LogP contribution in [0.3, 0.4) is 0 Å². The molecule has 2 aromatic carbocycles. The molecule has 2 heterocycles. The fraction of sp³-hybridized carbons (Fsp3) is 0.0952. The number of para-hydroxylation sites is 1. The Kier molecular flexibility index (Phi) is 4.88. The highest BCUT2D eigenvalue weighted by Gasteiger charge is 2.12. The van der Waals surface area contributed by atoms with Crippen molar-refractivity contribution in [1.82, 2.24) is 15.2 Å². The highest BCUT2D eigenvalue weighted by atomic mass is 16.5. The van der Waals surface area contributed by atoms with E-state index in [2.05, 4.69) is 25.7 Å². The minimum atomic E-state index is 0.669. The number of hydrogen-bond donors (Lipinski definition) is 2. The van der Waals surface area contributed by atoms with Crippen molar-refractivity contribution in [2.45, 2.75) is 0 Å². The molecule has 28 heavy (non-hydrogen) atoms. The number of methoxy groups -OCH3 is 2. The Morgan fingerprint density at radius 1 is 1.04 bits per heavy atom. The number of aromatic amines is 1. The summed E-state index contributed by atoms with van der Waals surface area (Å²) < 4.78 is 10.7. The number of hydrogen-bond acceptors (Lipinski definition) is 6. The van der Waals surface area contributed by atoms with Crippen LogP contribution in [0.4, 0.5) is 5.82 Å². The summed E-state index contributed by atoms with van der Waals surface area (Å²) in [5, 5.41) is 12.5. The molecule has 7 nitrogen and oxygen atoms in total. The lowest BCUT2D eigenvalue weighted by Gasteiger charge is -2.09. The van der Waals surface area contributed by atoms with E-state index in [0.717, 1.165) is 33.5 Å². The zero-order valence-corrected chi connectivity index (χ0v) is 15.5. The van der Waals surface area contributed by atoms with Gasteiger partial charge in [0.25, 0.3) is 0 Å². The Labute approximate surface area is 162 Å². The van der Waals surface area contributed by atoms with Crippen molar-refractivity contribution in [2.24, 2.45) is 5.10 Å². The van der Waals surface area contributed by atoms with Crippen LogP contribution in [0.15, 0.2) is 65.9 Å². The molecule has 0 amide bonds. The Hall–Kier alpha value is -3.87. The van der Waals surface area contributed by atoms with Gasteiger partial charge in [0.15, 0.2) is 0 Å². The van der Waals surface area contributed by atoms with Crippen LogP contribution in [0, 0.1) is 0 Å². The number of pyridine rings is 1. The predicted octanol–water partition coefficient (Wildman–Crippen LogP) is 4.09. The summed E-state index contributed by atoms with van der Waals surface area (Å²) in [4.78, 5) is 4.54. The molecule has 0 aliphatic heterocycles. The number of rotatable bonds is 6. The monoisotopic (exact) mass is 373 g/mol. The molecule has 140 valence electrons. The SMILES string of the molecule is COc1ccc(-c2[nH]ncc2/C=N/Nc2ccc3ccccc3n2)c(OC)c1. The quantitative estimate of drug-likeness (QED) is 0.393. The van der Waals surface area contributed by atoms with Gasteiger partial charge in [-0.15, -0.1) is 0 Å². The van der Waals surface area contributed by atoms with Crippen molar-refractivity contribution in [2.75, 3.05) is 19.6 Å². The van der Waals surface area contributed by atoms with Crippen LogP contribution in [0.5, 0.6) is 11.5 Å². The molecule has 0 aliphatic rings. The van der Waals surface area contributed by atoms with Crippen LogP contribution >= 0.6 is 0 Å². The maximum absolute atomic E-state index is 5.48. The van der Waals surface area contributed by atoms with E-state index < -0.39 is 0 Å². The normalized spacial score (nSPS) is 11.1. The molecular formula is C21H19N5O2. The van der Waals surface area contributed by atoms with E-state index in [1.807, 2.05) is 54.6 Å². The number of benzene rings is 2. The number of anilines is 1. The lowest BCUT2D eigenvalue weighted by atomic mass is 10.1. The van der Waals surface area contributed by atoms with Crippen molar-refractivity contribution in [3.05, 3.63) is 66.4 Å². The van der Waals surface area contributed by atoms with Gasteiger partial charge >= 0.3 is 0 Å². The first kappa shape index (κ1) is 17.5. The van der Waals surface area contributed by atoms with E-state index in [0.29, 0.717) is 11.6 Å². The van der Waals surface area contributed by atoms with E-state index >= 15 is 0 Å². The third-order valence-electron chi connectivity index (χ3n) is 4.33. The Morgan fingerprint density at radius 2 is 1.93 bits per heavy atom. The van der Waals surface area contributed by atoms with Gasteiger partial charge < -0.3 is 9.47 Å². The van der Waals surface area contributed by atoms with Gasteiger partial charge in [-0.25, -0.2) is 4.98 Å². The van der Waals surface area contributed by atoms with Crippen molar-refractivity contribution >= 4 is 22.9 Å². The molecular weight excluding hydrogens is 354 g/mol. The van der Waals surface area contributed by atoms with E-state index in [9.17, 15) is 0 Å². The highest BCUT2D eigenvalue weighted by molar-refractivity contribution is 5.90. The number of fused-ring (bicyclic) bond motifs is 1. The van der Waals surface area contributed by atoms with Gasteiger partial charge in [0, 0.05) is 22.6 Å². The lowest BCUT2D eigenvalue weighted by molar-refractivity contribution is 0.395. The summed E-state index contributed by atoms with van der Waals surface area (Å²) in [5.41, 5.74) is 6.36. The Bertz CT molecular complexity index is 1140. The van der Waals surface area contributed by atoms with E-state index in [-0.39, 0.29) is 0 Å². The van der Waals surface area contributed by atoms with Crippen molar-refractivity contribution < 1.29 is 9.47 Å². The summed E-state index contributed by atoms with van der Waals surface area (Å²) in [7, 11) is 3.24. The maximum atomic E-state index is 5.48. The molecule has 0 bridgehead atoms. The van der Waals surface area contributed by atoms with E-state index in [1.165, 1.54) is 0 Å². The van der Waals surface area contributed by atoms with Gasteiger partial charge in [-0.3, -0.25) is 10.5 Å². The van der Waals surface area contributed by atoms with Gasteiger partial charge in [-0.1, -0.05) is 18.2 Å². The van der Waals surface area contributed by atoms with Crippen LogP contribution in [0.1, 0.15) is 5.56 Å². The van der Waals surface area contributed by atoms with E-state index in [4.69, 9.17) is 9.47 Å². The van der Waals surface area contributed by atoms with Crippen LogP contribution in [-0.4, -0.2) is 35.6 Å². The molecule has 0 saturated carbocycles. The zero-order chi connectivity index (χ0) is 19.3. The second kappa shape index (κ2) is 7.79. The van der Waals surface area contributed by atoms with Crippen LogP contribution in [0.2, 0.25) is 0 Å². The van der Waals surface area contributed by atoms with Crippen LogP contribution < -0.4 is 14.9 Å². The standard InChI is InChI=1S/C21H19N5O2/c1-27-16-8-9-17(19(11-16)28-2)21-15(13-23-26-21)12-22-25-20-10-7-14-5-3-4-6-18(14)24-20/h3-13H,1-2H3,(H,23,26)(H,24,25)/b22-12+. The van der Waals surface area contributed by atoms with Crippen molar-refractivity contribution in [3.63, 3.8) is 0 Å². The van der Waals surface area contributed by atoms with Crippen LogP contribution in [0.25, 0.3) is 22.2 Å². The number of aromatic nitrogens is 3. The second-order valence-electron chi connectivity index (χ2n) is 6.03. The average molecular weight is 373 g/mol. The van der Waals surface area contributed by atoms with Crippen LogP contribution in [-0.2, 0) is 0 Å². The predicted molar refractivity (Wildman–Crippen MR) is 110 cm³/mol. The third kappa shape index (κ3) is 3.50. The van der Waals surface area contributed by atoms with Gasteiger partial charge in [0.2, 0.25) is 0 Å². The fourth-order valence-corrected chi connectivity index (χ4v) is 2.91. The molecule has 0 fully saturated rings. The first-order valence-corrected chi connectivity index (χ1v) is 8.69. The highest BCUT2D eigenvalue weighted by Crippen LogP contribution is 2.33. The topological polar surface area (TPSA) is 84.4 Å². The molecule has 2 aromatic heterocycles. The largest absolute Gasteiger partial charge is 0.497 e. The molecule has 0 radical (unpaired) electrons. The molecule has 7 heteroatoms. The number of nitrogens with zero attached hydrogens (tertiary/aromatic N) is 3. The van der Waals surface area contributed by atoms with E-state index in [1.54, 1.807) is 26.6 Å². The summed E-state index contributed by atoms with van der Waals surface area (Å²) in [6, 6.07) is 17.5. The van der Waals surface area contributed by atoms with Crippen molar-refractivity contribution in [3.8, 4) is 22.8 Å². The molecule has 2 N–H and O–H groups in total. The minimum absolute atomic E-state index is 0.669. The zero-order valence-electron chi connectivity index (χ0n) is 15.5. The minimum Gasteiger partial charge on any atom is -0.497 e. The Balaban J connectivity index is 1.57. The molecule has 0 atom stereocenters. The molecule has 0 saturated heterocycles. The maximum Gasteiger partial charge on any atom is 0.146 e. The third-order valence-corrected chi connectivity index (χ3v) is 4.33. The van der Waals surface area contributed by atoms with Gasteiger partial charge in [-0.2, -0.15) is 10.2 Å². The molecule has 4 rings (SSSR count). The molecule has 0 unspecified atom stereocenters. The van der Waals surface area contributed by atoms with Crippen molar-refractivity contribution in [1.29, 1.82) is 0 Å². The first-order chi connectivity index (χ1) is 13.8. The van der Waals surface area contributed by atoms with Gasteiger partial charge in [0.1, 0.15) is 17.3 Å². The smallest absolute Gasteiger partial charge is 0.146 e. The molecule has 4 aromatic rings. The second-order valence-corrected chi connectivity index (χ2v) is 6.03. The number of ether oxygens (including phenoxy) is 2. The fourth-order valence-electron chi connectivity index (χ4n) is 2.91. The Morgan fingerprint density at radius 3 is 2.79 bits per heavy atom. The number of hydrazone groups is 1. The number of H-pyrrole nitrogens is 1. The lowest BCUT2D eigenvalue weighted by Crippen LogP contribution is -1.95.